The van der Waals surface area contributed by atoms with E-state index in [1.165, 1.54) is 0 Å². The van der Waals surface area contributed by atoms with Crippen molar-refractivity contribution in [3.63, 3.8) is 0 Å². The lowest BCUT2D eigenvalue weighted by Crippen LogP contribution is -2.43. The number of carbonyl (C=O) groups excluding carboxylic acids is 2. The number of hydrogen-bond donors (Lipinski definition) is 1. The molecule has 0 unspecified atom stereocenters. The van der Waals surface area contributed by atoms with Crippen LogP contribution in [0, 0.1) is 5.92 Å². The van der Waals surface area contributed by atoms with Gasteiger partial charge in [0.1, 0.15) is 0 Å². The van der Waals surface area contributed by atoms with Crippen molar-refractivity contribution in [2.24, 2.45) is 5.92 Å². The predicted molar refractivity (Wildman–Crippen MR) is 76.4 cm³/mol. The Labute approximate surface area is 125 Å². The largest absolute Gasteiger partial charge is 0.393 e. The average molecular weight is 292 g/mol. The molecule has 2 saturated heterocycles. The predicted octanol–water partition coefficient (Wildman–Crippen LogP) is 0.902. The maximum Gasteiger partial charge on any atom is 0.226 e. The standard InChI is InChI=1S/C16H24N2O3/c19-12-5-1-10(2-6-12)16(21)17-8-7-13-14(17)9-15(20)18(13)11-3-4-11/h10-14,19H,1-9H2/t10?,12?,13-,14-/m0/s1. The maximum absolute atomic E-state index is 12.8. The molecule has 2 aliphatic carbocycles. The zero-order chi connectivity index (χ0) is 14.6. The van der Waals surface area contributed by atoms with E-state index in [0.29, 0.717) is 12.5 Å². The molecular formula is C16H24N2O3. The summed E-state index contributed by atoms with van der Waals surface area (Å²) in [6.07, 6.45) is 6.63. The van der Waals surface area contributed by atoms with Crippen molar-refractivity contribution in [1.29, 1.82) is 0 Å². The molecule has 5 heteroatoms. The second kappa shape index (κ2) is 4.97. The summed E-state index contributed by atoms with van der Waals surface area (Å²) in [5.74, 6) is 0.557. The molecule has 5 nitrogen and oxygen atoms in total. The van der Waals surface area contributed by atoms with Crippen molar-refractivity contribution in [3.8, 4) is 0 Å². The Kier molecular flexibility index (Phi) is 3.21. The fourth-order valence-corrected chi connectivity index (χ4v) is 4.54. The summed E-state index contributed by atoms with van der Waals surface area (Å²) in [5.41, 5.74) is 0. The molecule has 2 saturated carbocycles. The van der Waals surface area contributed by atoms with E-state index in [1.807, 2.05) is 4.90 Å². The summed E-state index contributed by atoms with van der Waals surface area (Å²) < 4.78 is 0. The Balaban J connectivity index is 1.45. The van der Waals surface area contributed by atoms with Crippen molar-refractivity contribution in [2.75, 3.05) is 6.54 Å². The van der Waals surface area contributed by atoms with Crippen LogP contribution in [-0.4, -0.2) is 57.5 Å². The molecule has 0 aromatic carbocycles. The second-order valence-electron chi connectivity index (χ2n) is 7.20. The second-order valence-corrected chi connectivity index (χ2v) is 7.20. The molecule has 4 fully saturated rings. The van der Waals surface area contributed by atoms with Gasteiger partial charge in [0, 0.05) is 24.9 Å². The third-order valence-corrected chi connectivity index (χ3v) is 5.81. The van der Waals surface area contributed by atoms with Gasteiger partial charge >= 0.3 is 0 Å². The number of aliphatic hydroxyl groups excluding tert-OH is 1. The molecule has 4 rings (SSSR count). The zero-order valence-electron chi connectivity index (χ0n) is 12.4. The van der Waals surface area contributed by atoms with Gasteiger partial charge < -0.3 is 14.9 Å². The highest BCUT2D eigenvalue weighted by Crippen LogP contribution is 2.41. The lowest BCUT2D eigenvalue weighted by Gasteiger charge is -2.31. The first-order valence-corrected chi connectivity index (χ1v) is 8.45. The van der Waals surface area contributed by atoms with Crippen LogP contribution in [0.15, 0.2) is 0 Å². The van der Waals surface area contributed by atoms with Crippen LogP contribution < -0.4 is 0 Å². The molecule has 0 aromatic rings. The number of fused-ring (bicyclic) bond motifs is 1. The van der Waals surface area contributed by atoms with Gasteiger partial charge in [0.2, 0.25) is 11.8 Å². The first-order valence-electron chi connectivity index (χ1n) is 8.45. The molecule has 116 valence electrons. The minimum Gasteiger partial charge on any atom is -0.393 e. The van der Waals surface area contributed by atoms with Crippen LogP contribution in [0.25, 0.3) is 0 Å². The van der Waals surface area contributed by atoms with E-state index in [-0.39, 0.29) is 35.9 Å². The van der Waals surface area contributed by atoms with Crippen LogP contribution >= 0.6 is 0 Å². The van der Waals surface area contributed by atoms with Gasteiger partial charge in [0.15, 0.2) is 0 Å². The number of likely N-dealkylation sites (tertiary alicyclic amines) is 2. The Morgan fingerprint density at radius 2 is 1.71 bits per heavy atom. The van der Waals surface area contributed by atoms with E-state index in [9.17, 15) is 14.7 Å². The molecule has 4 aliphatic rings. The zero-order valence-corrected chi connectivity index (χ0v) is 12.4. The highest BCUT2D eigenvalue weighted by atomic mass is 16.3. The fraction of sp³-hybridized carbons (Fsp3) is 0.875. The number of rotatable bonds is 2. The summed E-state index contributed by atoms with van der Waals surface area (Å²) in [5, 5.41) is 9.59. The quantitative estimate of drug-likeness (QED) is 0.822. The molecule has 21 heavy (non-hydrogen) atoms. The number of aliphatic hydroxyl groups is 1. The molecule has 2 heterocycles. The first-order chi connectivity index (χ1) is 10.1. The van der Waals surface area contributed by atoms with Crippen LogP contribution in [0.3, 0.4) is 0 Å². The van der Waals surface area contributed by atoms with Crippen molar-refractivity contribution in [1.82, 2.24) is 9.80 Å². The molecule has 0 bridgehead atoms. The van der Waals surface area contributed by atoms with Gasteiger partial charge in [-0.15, -0.1) is 0 Å². The average Bonchev–Trinajstić information content (AvgIpc) is 3.13. The molecule has 2 aliphatic heterocycles. The van der Waals surface area contributed by atoms with E-state index in [4.69, 9.17) is 0 Å². The van der Waals surface area contributed by atoms with E-state index in [1.54, 1.807) is 0 Å². The topological polar surface area (TPSA) is 60.9 Å². The SMILES string of the molecule is O=C(C1CCC(O)CC1)N1CC[C@H]2[C@@H]1CC(=O)N2C1CC1. The normalized spacial score (nSPS) is 39.8. The number of amides is 2. The minimum absolute atomic E-state index is 0.0669. The summed E-state index contributed by atoms with van der Waals surface area (Å²) >= 11 is 0. The van der Waals surface area contributed by atoms with E-state index < -0.39 is 0 Å². The van der Waals surface area contributed by atoms with Crippen LogP contribution in [0.5, 0.6) is 0 Å². The summed E-state index contributed by atoms with van der Waals surface area (Å²) in [6.45, 7) is 0.809. The lowest BCUT2D eigenvalue weighted by atomic mass is 9.86. The maximum atomic E-state index is 12.8. The van der Waals surface area contributed by atoms with Crippen molar-refractivity contribution in [3.05, 3.63) is 0 Å². The number of nitrogens with zero attached hydrogens (tertiary/aromatic N) is 2. The molecule has 1 N–H and O–H groups in total. The number of carbonyl (C=O) groups is 2. The van der Waals surface area contributed by atoms with E-state index >= 15 is 0 Å². The van der Waals surface area contributed by atoms with Gasteiger partial charge in [-0.05, 0) is 44.9 Å². The summed E-state index contributed by atoms with van der Waals surface area (Å²) in [4.78, 5) is 29.1. The van der Waals surface area contributed by atoms with Crippen LogP contribution in [-0.2, 0) is 9.59 Å². The van der Waals surface area contributed by atoms with Gasteiger partial charge in [0.25, 0.3) is 0 Å². The van der Waals surface area contributed by atoms with Gasteiger partial charge in [-0.2, -0.15) is 0 Å². The Bertz CT molecular complexity index is 454. The molecular weight excluding hydrogens is 268 g/mol. The molecule has 2 amide bonds. The van der Waals surface area contributed by atoms with E-state index in [0.717, 1.165) is 51.5 Å². The van der Waals surface area contributed by atoms with Crippen molar-refractivity contribution >= 4 is 11.8 Å². The third-order valence-electron chi connectivity index (χ3n) is 5.81. The van der Waals surface area contributed by atoms with Crippen LogP contribution in [0.2, 0.25) is 0 Å². The van der Waals surface area contributed by atoms with Gasteiger partial charge in [-0.1, -0.05) is 0 Å². The molecule has 0 aromatic heterocycles. The highest BCUT2D eigenvalue weighted by molar-refractivity contribution is 5.85. The molecule has 0 spiro atoms. The lowest BCUT2D eigenvalue weighted by molar-refractivity contribution is -0.138. The Morgan fingerprint density at radius 1 is 1.00 bits per heavy atom. The van der Waals surface area contributed by atoms with Crippen LogP contribution in [0.1, 0.15) is 51.4 Å². The molecule has 0 radical (unpaired) electrons. The van der Waals surface area contributed by atoms with Gasteiger partial charge in [-0.3, -0.25) is 9.59 Å². The third kappa shape index (κ3) is 2.26. The van der Waals surface area contributed by atoms with Crippen molar-refractivity contribution in [2.45, 2.75) is 75.6 Å². The fourth-order valence-electron chi connectivity index (χ4n) is 4.54. The van der Waals surface area contributed by atoms with Gasteiger partial charge in [0.05, 0.1) is 18.2 Å². The minimum atomic E-state index is -0.223. The van der Waals surface area contributed by atoms with Crippen molar-refractivity contribution < 1.29 is 14.7 Å². The Morgan fingerprint density at radius 3 is 2.38 bits per heavy atom. The summed E-state index contributed by atoms with van der Waals surface area (Å²) in [6, 6.07) is 0.868. The van der Waals surface area contributed by atoms with Gasteiger partial charge in [-0.25, -0.2) is 0 Å². The first kappa shape index (κ1) is 13.6. The molecule has 2 atom stereocenters. The smallest absolute Gasteiger partial charge is 0.226 e. The van der Waals surface area contributed by atoms with E-state index in [2.05, 4.69) is 4.90 Å². The van der Waals surface area contributed by atoms with Crippen LogP contribution in [0.4, 0.5) is 0 Å². The summed E-state index contributed by atoms with van der Waals surface area (Å²) in [7, 11) is 0. The Hall–Kier alpha value is -1.10. The highest BCUT2D eigenvalue weighted by Gasteiger charge is 2.52. The monoisotopic (exact) mass is 292 g/mol. The number of hydrogen-bond acceptors (Lipinski definition) is 3.